The van der Waals surface area contributed by atoms with Crippen molar-refractivity contribution < 1.29 is 9.90 Å². The number of carboxylic acids is 1. The van der Waals surface area contributed by atoms with E-state index in [1.807, 2.05) is 30.3 Å². The van der Waals surface area contributed by atoms with Crippen molar-refractivity contribution in [2.45, 2.75) is 25.0 Å². The lowest BCUT2D eigenvalue weighted by molar-refractivity contribution is -0.136. The molecule has 3 heteroatoms. The van der Waals surface area contributed by atoms with Crippen LogP contribution in [0.5, 0.6) is 0 Å². The summed E-state index contributed by atoms with van der Waals surface area (Å²) >= 11 is 1.52. The third-order valence-corrected chi connectivity index (χ3v) is 3.48. The molecule has 1 aromatic rings. The van der Waals surface area contributed by atoms with Gasteiger partial charge in [0.05, 0.1) is 0 Å². The number of hydrogen-bond acceptors (Lipinski definition) is 2. The summed E-state index contributed by atoms with van der Waals surface area (Å²) in [4.78, 5) is 11.0. The Hall–Kier alpha value is -0.960. The van der Waals surface area contributed by atoms with E-state index in [1.165, 1.54) is 11.8 Å². The van der Waals surface area contributed by atoms with Crippen molar-refractivity contribution in [1.29, 1.82) is 0 Å². The standard InChI is InChI=1S/C12H16O2S/c1-2-8-15-11(12(13)14)9-10-6-4-3-5-7-10/h3-7,11H,2,8-9H2,1H3,(H,13,14). The Balaban J connectivity index is 2.55. The molecule has 0 radical (unpaired) electrons. The second-order valence-corrected chi connectivity index (χ2v) is 4.70. The maximum absolute atomic E-state index is 11.0. The van der Waals surface area contributed by atoms with Gasteiger partial charge in [-0.25, -0.2) is 0 Å². The molecule has 15 heavy (non-hydrogen) atoms. The van der Waals surface area contributed by atoms with Crippen LogP contribution in [0.3, 0.4) is 0 Å². The quantitative estimate of drug-likeness (QED) is 0.807. The fourth-order valence-corrected chi connectivity index (χ4v) is 2.28. The number of aliphatic carboxylic acids is 1. The first-order valence-electron chi connectivity index (χ1n) is 5.12. The number of carbonyl (C=O) groups is 1. The Morgan fingerprint density at radius 3 is 2.60 bits per heavy atom. The summed E-state index contributed by atoms with van der Waals surface area (Å²) in [6.07, 6.45) is 1.63. The largest absolute Gasteiger partial charge is 0.480 e. The molecule has 0 saturated heterocycles. The zero-order chi connectivity index (χ0) is 11.1. The van der Waals surface area contributed by atoms with E-state index >= 15 is 0 Å². The minimum absolute atomic E-state index is 0.313. The average Bonchev–Trinajstić information content (AvgIpc) is 2.25. The lowest BCUT2D eigenvalue weighted by Crippen LogP contribution is -2.19. The third-order valence-electron chi connectivity index (χ3n) is 2.06. The van der Waals surface area contributed by atoms with Gasteiger partial charge in [-0.1, -0.05) is 37.3 Å². The Morgan fingerprint density at radius 2 is 2.07 bits per heavy atom. The van der Waals surface area contributed by atoms with Crippen LogP contribution in [0.2, 0.25) is 0 Å². The SMILES string of the molecule is CCCSC(Cc1ccccc1)C(=O)O. The highest BCUT2D eigenvalue weighted by molar-refractivity contribution is 8.00. The number of benzene rings is 1. The van der Waals surface area contributed by atoms with Crippen molar-refractivity contribution >= 4 is 17.7 Å². The van der Waals surface area contributed by atoms with Gasteiger partial charge in [-0.05, 0) is 24.2 Å². The molecule has 0 spiro atoms. The van der Waals surface area contributed by atoms with Gasteiger partial charge in [0.25, 0.3) is 0 Å². The Labute approximate surface area is 94.7 Å². The molecule has 0 amide bonds. The first kappa shape index (κ1) is 12.1. The first-order valence-corrected chi connectivity index (χ1v) is 6.17. The molecule has 0 aliphatic carbocycles. The predicted octanol–water partition coefficient (Wildman–Crippen LogP) is 2.83. The molecule has 0 heterocycles. The molecule has 82 valence electrons. The van der Waals surface area contributed by atoms with Crippen LogP contribution >= 0.6 is 11.8 Å². The van der Waals surface area contributed by atoms with Crippen molar-refractivity contribution in [2.24, 2.45) is 0 Å². The summed E-state index contributed by atoms with van der Waals surface area (Å²) in [5, 5.41) is 8.73. The normalized spacial score (nSPS) is 12.3. The molecule has 2 nitrogen and oxygen atoms in total. The van der Waals surface area contributed by atoms with E-state index in [2.05, 4.69) is 6.92 Å². The fraction of sp³-hybridized carbons (Fsp3) is 0.417. The van der Waals surface area contributed by atoms with Gasteiger partial charge < -0.3 is 5.11 Å². The summed E-state index contributed by atoms with van der Waals surface area (Å²) in [6, 6.07) is 9.78. The van der Waals surface area contributed by atoms with Crippen molar-refractivity contribution in [3.05, 3.63) is 35.9 Å². The van der Waals surface area contributed by atoms with Gasteiger partial charge in [0.15, 0.2) is 0 Å². The van der Waals surface area contributed by atoms with Crippen LogP contribution in [0.1, 0.15) is 18.9 Å². The topological polar surface area (TPSA) is 37.3 Å². The molecule has 1 atom stereocenters. The monoisotopic (exact) mass is 224 g/mol. The molecule has 0 aliphatic heterocycles. The molecule has 0 fully saturated rings. The van der Waals surface area contributed by atoms with Gasteiger partial charge in [-0.3, -0.25) is 4.79 Å². The van der Waals surface area contributed by atoms with Crippen LogP contribution in [0.15, 0.2) is 30.3 Å². The number of hydrogen-bond donors (Lipinski definition) is 1. The Morgan fingerprint density at radius 1 is 1.40 bits per heavy atom. The summed E-state index contributed by atoms with van der Waals surface area (Å²) in [5.74, 6) is 0.196. The second-order valence-electron chi connectivity index (χ2n) is 3.39. The van der Waals surface area contributed by atoms with E-state index in [9.17, 15) is 4.79 Å². The minimum Gasteiger partial charge on any atom is -0.480 e. The summed E-state index contributed by atoms with van der Waals surface area (Å²) in [5.41, 5.74) is 1.09. The molecule has 0 saturated carbocycles. The maximum Gasteiger partial charge on any atom is 0.316 e. The van der Waals surface area contributed by atoms with Crippen molar-refractivity contribution in [3.8, 4) is 0 Å². The van der Waals surface area contributed by atoms with Crippen LogP contribution in [0, 0.1) is 0 Å². The molecule has 0 bridgehead atoms. The van der Waals surface area contributed by atoms with E-state index in [-0.39, 0.29) is 5.25 Å². The van der Waals surface area contributed by atoms with E-state index in [1.54, 1.807) is 0 Å². The van der Waals surface area contributed by atoms with Gasteiger partial charge in [-0.2, -0.15) is 0 Å². The van der Waals surface area contributed by atoms with Crippen LogP contribution in [0.4, 0.5) is 0 Å². The number of thioether (sulfide) groups is 1. The molecule has 0 aromatic heterocycles. The van der Waals surface area contributed by atoms with Gasteiger partial charge in [0.1, 0.15) is 5.25 Å². The minimum atomic E-state index is -0.711. The van der Waals surface area contributed by atoms with Gasteiger partial charge in [0, 0.05) is 0 Å². The first-order chi connectivity index (χ1) is 7.24. The van der Waals surface area contributed by atoms with Gasteiger partial charge in [0.2, 0.25) is 0 Å². The lowest BCUT2D eigenvalue weighted by Gasteiger charge is -2.11. The van der Waals surface area contributed by atoms with Gasteiger partial charge in [-0.15, -0.1) is 11.8 Å². The summed E-state index contributed by atoms with van der Waals surface area (Å²) in [7, 11) is 0. The Kier molecular flexibility index (Phi) is 5.26. The molecule has 1 aromatic carbocycles. The Bertz CT molecular complexity index is 298. The number of rotatable bonds is 6. The fourth-order valence-electron chi connectivity index (χ4n) is 1.31. The zero-order valence-corrected chi connectivity index (χ0v) is 9.67. The van der Waals surface area contributed by atoms with Gasteiger partial charge >= 0.3 is 5.97 Å². The summed E-state index contributed by atoms with van der Waals surface area (Å²) in [6.45, 7) is 2.06. The smallest absolute Gasteiger partial charge is 0.316 e. The molecule has 1 N–H and O–H groups in total. The molecule has 1 rings (SSSR count). The van der Waals surface area contributed by atoms with Crippen LogP contribution in [-0.2, 0) is 11.2 Å². The molecular formula is C12H16O2S. The van der Waals surface area contributed by atoms with Crippen molar-refractivity contribution in [3.63, 3.8) is 0 Å². The van der Waals surface area contributed by atoms with E-state index in [0.717, 1.165) is 17.7 Å². The van der Waals surface area contributed by atoms with E-state index in [4.69, 9.17) is 5.11 Å². The van der Waals surface area contributed by atoms with Crippen molar-refractivity contribution in [1.82, 2.24) is 0 Å². The van der Waals surface area contributed by atoms with E-state index in [0.29, 0.717) is 6.42 Å². The number of carboxylic acid groups (broad SMARTS) is 1. The average molecular weight is 224 g/mol. The molecular weight excluding hydrogens is 208 g/mol. The predicted molar refractivity (Wildman–Crippen MR) is 64.3 cm³/mol. The highest BCUT2D eigenvalue weighted by Gasteiger charge is 2.17. The van der Waals surface area contributed by atoms with Crippen molar-refractivity contribution in [2.75, 3.05) is 5.75 Å². The molecule has 0 aliphatic rings. The van der Waals surface area contributed by atoms with Crippen LogP contribution in [-0.4, -0.2) is 22.1 Å². The lowest BCUT2D eigenvalue weighted by atomic mass is 10.1. The van der Waals surface area contributed by atoms with E-state index < -0.39 is 5.97 Å². The maximum atomic E-state index is 11.0. The second kappa shape index (κ2) is 6.51. The third kappa shape index (κ3) is 4.38. The summed E-state index contributed by atoms with van der Waals surface area (Å²) < 4.78 is 0. The van der Waals surface area contributed by atoms with Crippen LogP contribution in [0.25, 0.3) is 0 Å². The highest BCUT2D eigenvalue weighted by atomic mass is 32.2. The van der Waals surface area contributed by atoms with Crippen LogP contribution < -0.4 is 0 Å². The highest BCUT2D eigenvalue weighted by Crippen LogP contribution is 2.17. The zero-order valence-electron chi connectivity index (χ0n) is 8.85. The molecule has 1 unspecified atom stereocenters.